The Morgan fingerprint density at radius 1 is 1.38 bits per heavy atom. The van der Waals surface area contributed by atoms with Gasteiger partial charge in [-0.15, -0.1) is 0 Å². The van der Waals surface area contributed by atoms with Crippen LogP contribution in [0.25, 0.3) is 0 Å². The van der Waals surface area contributed by atoms with Gasteiger partial charge < -0.3 is 14.7 Å². The standard InChI is InChI=1S/C16H27N3O2/c1-10(2)12(5)19(13-6-7-13)16(20)17-9-14-8-15(11(3)4)18-21-14/h8,10-13H,6-7,9H2,1-5H3,(H,17,20)/t12-/m1/s1. The Balaban J connectivity index is 1.92. The van der Waals surface area contributed by atoms with Crippen LogP contribution in [0.15, 0.2) is 10.6 Å². The third-order valence-electron chi connectivity index (χ3n) is 4.16. The number of nitrogens with one attached hydrogen (secondary N) is 1. The van der Waals surface area contributed by atoms with E-state index in [1.54, 1.807) is 0 Å². The van der Waals surface area contributed by atoms with Crippen LogP contribution in [0.3, 0.4) is 0 Å². The van der Waals surface area contributed by atoms with E-state index in [1.807, 2.05) is 11.0 Å². The lowest BCUT2D eigenvalue weighted by Crippen LogP contribution is -2.48. The maximum absolute atomic E-state index is 12.4. The molecule has 1 heterocycles. The fourth-order valence-corrected chi connectivity index (χ4v) is 2.30. The van der Waals surface area contributed by atoms with E-state index in [1.165, 1.54) is 0 Å². The van der Waals surface area contributed by atoms with Crippen LogP contribution in [-0.2, 0) is 6.54 Å². The molecular formula is C16H27N3O2. The van der Waals surface area contributed by atoms with E-state index in [0.29, 0.717) is 30.2 Å². The average molecular weight is 293 g/mol. The van der Waals surface area contributed by atoms with E-state index < -0.39 is 0 Å². The van der Waals surface area contributed by atoms with Crippen molar-refractivity contribution in [3.8, 4) is 0 Å². The molecule has 5 heteroatoms. The van der Waals surface area contributed by atoms with Crippen LogP contribution in [0.1, 0.15) is 64.8 Å². The normalized spacial score (nSPS) is 16.3. The molecule has 0 bridgehead atoms. The summed E-state index contributed by atoms with van der Waals surface area (Å²) in [5.74, 6) is 1.50. The van der Waals surface area contributed by atoms with Crippen LogP contribution in [0.5, 0.6) is 0 Å². The Kier molecular flexibility index (Phi) is 4.91. The zero-order chi connectivity index (χ0) is 15.6. The number of carbonyl (C=O) groups is 1. The zero-order valence-corrected chi connectivity index (χ0v) is 13.7. The van der Waals surface area contributed by atoms with Gasteiger partial charge in [-0.05, 0) is 31.6 Å². The SMILES string of the molecule is CC(C)c1cc(CNC(=O)N(C2CC2)[C@H](C)C(C)C)on1. The van der Waals surface area contributed by atoms with Crippen LogP contribution in [-0.4, -0.2) is 28.2 Å². The third-order valence-corrected chi connectivity index (χ3v) is 4.16. The monoisotopic (exact) mass is 293 g/mol. The lowest BCUT2D eigenvalue weighted by atomic mass is 10.0. The Labute approximate surface area is 127 Å². The smallest absolute Gasteiger partial charge is 0.318 e. The number of carbonyl (C=O) groups excluding carboxylic acids is 1. The quantitative estimate of drug-likeness (QED) is 0.873. The van der Waals surface area contributed by atoms with Crippen molar-refractivity contribution in [2.45, 2.75) is 72.0 Å². The fraction of sp³-hybridized carbons (Fsp3) is 0.750. The first-order valence-electron chi connectivity index (χ1n) is 7.91. The van der Waals surface area contributed by atoms with Gasteiger partial charge in [0.15, 0.2) is 5.76 Å². The van der Waals surface area contributed by atoms with Gasteiger partial charge >= 0.3 is 6.03 Å². The van der Waals surface area contributed by atoms with Gasteiger partial charge in [0.05, 0.1) is 12.2 Å². The van der Waals surface area contributed by atoms with E-state index in [-0.39, 0.29) is 12.1 Å². The van der Waals surface area contributed by atoms with E-state index in [2.05, 4.69) is 45.1 Å². The summed E-state index contributed by atoms with van der Waals surface area (Å²) < 4.78 is 5.26. The van der Waals surface area contributed by atoms with Gasteiger partial charge in [0.25, 0.3) is 0 Å². The second-order valence-electron chi connectivity index (χ2n) is 6.65. The summed E-state index contributed by atoms with van der Waals surface area (Å²) in [7, 11) is 0. The number of aromatic nitrogens is 1. The Morgan fingerprint density at radius 2 is 2.05 bits per heavy atom. The molecule has 0 aliphatic heterocycles. The summed E-state index contributed by atoms with van der Waals surface area (Å²) in [6, 6.07) is 2.57. The molecule has 0 saturated heterocycles. The molecule has 0 unspecified atom stereocenters. The summed E-state index contributed by atoms with van der Waals surface area (Å²) >= 11 is 0. The van der Waals surface area contributed by atoms with E-state index in [4.69, 9.17) is 4.52 Å². The molecule has 2 amide bonds. The van der Waals surface area contributed by atoms with Crippen LogP contribution < -0.4 is 5.32 Å². The molecule has 118 valence electrons. The third kappa shape index (κ3) is 3.99. The van der Waals surface area contributed by atoms with Gasteiger partial charge in [-0.3, -0.25) is 0 Å². The summed E-state index contributed by atoms with van der Waals surface area (Å²) in [6.07, 6.45) is 2.23. The number of hydrogen-bond acceptors (Lipinski definition) is 3. The van der Waals surface area contributed by atoms with Crippen LogP contribution in [0, 0.1) is 5.92 Å². The van der Waals surface area contributed by atoms with Crippen LogP contribution in [0.4, 0.5) is 4.79 Å². The van der Waals surface area contributed by atoms with Gasteiger partial charge in [0.2, 0.25) is 0 Å². The van der Waals surface area contributed by atoms with Gasteiger partial charge in [-0.2, -0.15) is 0 Å². The highest BCUT2D eigenvalue weighted by Gasteiger charge is 2.36. The number of nitrogens with zero attached hydrogens (tertiary/aromatic N) is 2. The topological polar surface area (TPSA) is 58.4 Å². The molecule has 0 spiro atoms. The maximum Gasteiger partial charge on any atom is 0.318 e. The Hall–Kier alpha value is -1.52. The molecule has 5 nitrogen and oxygen atoms in total. The van der Waals surface area contributed by atoms with Crippen molar-refractivity contribution < 1.29 is 9.32 Å². The molecule has 1 aliphatic rings. The zero-order valence-electron chi connectivity index (χ0n) is 13.7. The van der Waals surface area contributed by atoms with Crippen molar-refractivity contribution in [1.29, 1.82) is 0 Å². The van der Waals surface area contributed by atoms with Crippen molar-refractivity contribution >= 4 is 6.03 Å². The Morgan fingerprint density at radius 3 is 2.52 bits per heavy atom. The summed E-state index contributed by atoms with van der Waals surface area (Å²) in [5, 5.41) is 6.97. The molecule has 1 fully saturated rings. The minimum absolute atomic E-state index is 0.00111. The van der Waals surface area contributed by atoms with E-state index in [9.17, 15) is 4.79 Å². The highest BCUT2D eigenvalue weighted by atomic mass is 16.5. The lowest BCUT2D eigenvalue weighted by molar-refractivity contribution is 0.155. The predicted octanol–water partition coefficient (Wildman–Crippen LogP) is 3.52. The molecule has 0 radical (unpaired) electrons. The highest BCUT2D eigenvalue weighted by Crippen LogP contribution is 2.30. The largest absolute Gasteiger partial charge is 0.359 e. The molecule has 2 rings (SSSR count). The second kappa shape index (κ2) is 6.50. The Bertz CT molecular complexity index is 478. The average Bonchev–Trinajstić information content (AvgIpc) is 3.13. The van der Waals surface area contributed by atoms with Crippen LogP contribution in [0.2, 0.25) is 0 Å². The molecule has 1 aromatic heterocycles. The van der Waals surface area contributed by atoms with Crippen molar-refractivity contribution in [2.24, 2.45) is 5.92 Å². The van der Waals surface area contributed by atoms with Crippen LogP contribution >= 0.6 is 0 Å². The molecule has 0 aromatic carbocycles. The fourth-order valence-electron chi connectivity index (χ4n) is 2.30. The molecule has 1 atom stereocenters. The van der Waals surface area contributed by atoms with Gasteiger partial charge in [0.1, 0.15) is 0 Å². The van der Waals surface area contributed by atoms with E-state index in [0.717, 1.165) is 18.5 Å². The van der Waals surface area contributed by atoms with Crippen molar-refractivity contribution in [3.63, 3.8) is 0 Å². The summed E-state index contributed by atoms with van der Waals surface area (Å²) in [4.78, 5) is 14.4. The lowest BCUT2D eigenvalue weighted by Gasteiger charge is -2.32. The van der Waals surface area contributed by atoms with Crippen molar-refractivity contribution in [2.75, 3.05) is 0 Å². The first kappa shape index (κ1) is 15.9. The molecule has 1 N–H and O–H groups in total. The van der Waals surface area contributed by atoms with Crippen molar-refractivity contribution in [1.82, 2.24) is 15.4 Å². The maximum atomic E-state index is 12.4. The number of rotatable bonds is 6. The highest BCUT2D eigenvalue weighted by molar-refractivity contribution is 5.75. The first-order chi connectivity index (χ1) is 9.90. The minimum atomic E-state index is 0.00111. The number of urea groups is 1. The number of amides is 2. The molecular weight excluding hydrogens is 266 g/mol. The second-order valence-corrected chi connectivity index (χ2v) is 6.65. The van der Waals surface area contributed by atoms with Gasteiger partial charge in [-0.1, -0.05) is 32.9 Å². The first-order valence-corrected chi connectivity index (χ1v) is 7.91. The minimum Gasteiger partial charge on any atom is -0.359 e. The van der Waals surface area contributed by atoms with Gasteiger partial charge in [0, 0.05) is 18.2 Å². The number of hydrogen-bond donors (Lipinski definition) is 1. The molecule has 21 heavy (non-hydrogen) atoms. The molecule has 1 saturated carbocycles. The summed E-state index contributed by atoms with van der Waals surface area (Å²) in [6.45, 7) is 11.0. The van der Waals surface area contributed by atoms with Gasteiger partial charge in [-0.25, -0.2) is 4.79 Å². The molecule has 1 aromatic rings. The molecule has 1 aliphatic carbocycles. The van der Waals surface area contributed by atoms with E-state index >= 15 is 0 Å². The predicted molar refractivity (Wildman–Crippen MR) is 82.0 cm³/mol. The van der Waals surface area contributed by atoms with Crippen molar-refractivity contribution in [3.05, 3.63) is 17.5 Å². The summed E-state index contributed by atoms with van der Waals surface area (Å²) in [5.41, 5.74) is 0.925.